The van der Waals surface area contributed by atoms with Gasteiger partial charge in [-0.1, -0.05) is 18.2 Å². The van der Waals surface area contributed by atoms with Crippen LogP contribution in [0.2, 0.25) is 0 Å². The Morgan fingerprint density at radius 2 is 1.96 bits per heavy atom. The van der Waals surface area contributed by atoms with Crippen LogP contribution in [0.5, 0.6) is 0 Å². The summed E-state index contributed by atoms with van der Waals surface area (Å²) >= 11 is 1.72. The molecule has 1 unspecified atom stereocenters. The Kier molecular flexibility index (Phi) is 5.46. The number of carbonyl (C=O) groups excluding carboxylic acids is 2. The van der Waals surface area contributed by atoms with E-state index in [4.69, 9.17) is 0 Å². The van der Waals surface area contributed by atoms with Crippen molar-refractivity contribution in [3.63, 3.8) is 0 Å². The first-order chi connectivity index (χ1) is 11.6. The highest BCUT2D eigenvalue weighted by atomic mass is 32.2. The van der Waals surface area contributed by atoms with Crippen LogP contribution in [0.3, 0.4) is 0 Å². The highest BCUT2D eigenvalue weighted by molar-refractivity contribution is 7.99. The molecule has 2 amide bonds. The number of thioether (sulfide) groups is 1. The van der Waals surface area contributed by atoms with Gasteiger partial charge < -0.3 is 15.3 Å². The zero-order valence-corrected chi connectivity index (χ0v) is 14.6. The molecule has 6 heteroatoms. The largest absolute Gasteiger partial charge is 0.387 e. The molecule has 1 atom stereocenters. The topological polar surface area (TPSA) is 69.6 Å². The van der Waals surface area contributed by atoms with E-state index >= 15 is 0 Å². The third kappa shape index (κ3) is 4.11. The Morgan fingerprint density at radius 3 is 2.58 bits per heavy atom. The van der Waals surface area contributed by atoms with E-state index in [1.54, 1.807) is 11.8 Å². The van der Waals surface area contributed by atoms with Crippen molar-refractivity contribution in [3.05, 3.63) is 35.9 Å². The number of carbonyl (C=O) groups is 2. The van der Waals surface area contributed by atoms with E-state index in [-0.39, 0.29) is 17.7 Å². The predicted octanol–water partition coefficient (Wildman–Crippen LogP) is 1.52. The number of piperidine rings is 1. The van der Waals surface area contributed by atoms with Crippen LogP contribution >= 0.6 is 11.8 Å². The third-order valence-corrected chi connectivity index (χ3v) is 6.08. The summed E-state index contributed by atoms with van der Waals surface area (Å²) in [5.74, 6) is 1.62. The Balaban J connectivity index is 1.46. The molecule has 0 bridgehead atoms. The van der Waals surface area contributed by atoms with Gasteiger partial charge in [-0.15, -0.1) is 0 Å². The van der Waals surface area contributed by atoms with Gasteiger partial charge in [-0.05, 0) is 37.1 Å². The molecule has 0 saturated carbocycles. The molecule has 1 aromatic rings. The first kappa shape index (κ1) is 17.3. The maximum atomic E-state index is 12.4. The van der Waals surface area contributed by atoms with Gasteiger partial charge in [-0.2, -0.15) is 11.8 Å². The number of aliphatic hydroxyl groups is 1. The summed E-state index contributed by atoms with van der Waals surface area (Å²) in [6, 6.07) is 9.26. The highest BCUT2D eigenvalue weighted by Crippen LogP contribution is 2.27. The Morgan fingerprint density at radius 1 is 1.25 bits per heavy atom. The number of rotatable bonds is 4. The van der Waals surface area contributed by atoms with E-state index in [9.17, 15) is 14.7 Å². The average molecular weight is 348 g/mol. The van der Waals surface area contributed by atoms with Crippen LogP contribution in [0.1, 0.15) is 29.6 Å². The van der Waals surface area contributed by atoms with Gasteiger partial charge in [0.2, 0.25) is 5.91 Å². The maximum absolute atomic E-state index is 12.4. The molecule has 24 heavy (non-hydrogen) atoms. The van der Waals surface area contributed by atoms with Crippen molar-refractivity contribution in [1.82, 2.24) is 10.2 Å². The molecule has 2 N–H and O–H groups in total. The van der Waals surface area contributed by atoms with Crippen LogP contribution in [-0.4, -0.2) is 58.6 Å². The van der Waals surface area contributed by atoms with Gasteiger partial charge in [-0.3, -0.25) is 9.59 Å². The predicted molar refractivity (Wildman–Crippen MR) is 95.0 cm³/mol. The molecule has 2 saturated heterocycles. The van der Waals surface area contributed by atoms with Gasteiger partial charge in [0.05, 0.1) is 5.60 Å². The molecular formula is C18H24N2O3S. The van der Waals surface area contributed by atoms with Crippen LogP contribution < -0.4 is 5.32 Å². The number of amides is 2. The van der Waals surface area contributed by atoms with Crippen molar-refractivity contribution >= 4 is 23.6 Å². The van der Waals surface area contributed by atoms with Crippen LogP contribution in [0.25, 0.3) is 0 Å². The molecule has 2 aliphatic rings. The second-order valence-corrected chi connectivity index (χ2v) is 7.78. The van der Waals surface area contributed by atoms with Crippen LogP contribution in [0, 0.1) is 5.92 Å². The number of nitrogens with one attached hydrogen (secondary N) is 1. The Labute approximate surface area is 146 Å². The van der Waals surface area contributed by atoms with Gasteiger partial charge in [0, 0.05) is 36.9 Å². The normalized spacial score (nSPS) is 24.8. The molecule has 0 radical (unpaired) electrons. The summed E-state index contributed by atoms with van der Waals surface area (Å²) in [7, 11) is 0. The molecule has 1 aromatic carbocycles. The van der Waals surface area contributed by atoms with Crippen LogP contribution in [-0.2, 0) is 4.79 Å². The van der Waals surface area contributed by atoms with E-state index in [1.165, 1.54) is 0 Å². The van der Waals surface area contributed by atoms with Crippen molar-refractivity contribution < 1.29 is 14.7 Å². The summed E-state index contributed by atoms with van der Waals surface area (Å²) < 4.78 is 0. The van der Waals surface area contributed by atoms with Crippen molar-refractivity contribution in [2.24, 2.45) is 5.92 Å². The van der Waals surface area contributed by atoms with Gasteiger partial charge in [-0.25, -0.2) is 0 Å². The second kappa shape index (κ2) is 7.57. The van der Waals surface area contributed by atoms with Crippen LogP contribution in [0.4, 0.5) is 0 Å². The molecule has 0 spiro atoms. The van der Waals surface area contributed by atoms with E-state index in [1.807, 2.05) is 35.2 Å². The van der Waals surface area contributed by atoms with Crippen LogP contribution in [0.15, 0.2) is 30.3 Å². The van der Waals surface area contributed by atoms with Gasteiger partial charge in [0.1, 0.15) is 0 Å². The minimum Gasteiger partial charge on any atom is -0.387 e. The monoisotopic (exact) mass is 348 g/mol. The van der Waals surface area contributed by atoms with Crippen molar-refractivity contribution in [2.45, 2.75) is 24.9 Å². The summed E-state index contributed by atoms with van der Waals surface area (Å²) in [6.45, 7) is 1.54. The minimum atomic E-state index is -0.746. The summed E-state index contributed by atoms with van der Waals surface area (Å²) in [6.07, 6.45) is 2.09. The molecule has 0 aliphatic carbocycles. The molecule has 3 rings (SSSR count). The van der Waals surface area contributed by atoms with Gasteiger partial charge in [0.25, 0.3) is 5.91 Å². The first-order valence-electron chi connectivity index (χ1n) is 8.50. The lowest BCUT2D eigenvalue weighted by atomic mass is 9.94. The summed E-state index contributed by atoms with van der Waals surface area (Å²) in [5, 5.41) is 13.2. The molecular weight excluding hydrogens is 324 g/mol. The Hall–Kier alpha value is -1.53. The number of hydrogen-bond donors (Lipinski definition) is 2. The zero-order chi connectivity index (χ0) is 17.0. The molecule has 2 heterocycles. The molecule has 5 nitrogen and oxygen atoms in total. The molecule has 130 valence electrons. The lowest BCUT2D eigenvalue weighted by Crippen LogP contribution is -2.47. The van der Waals surface area contributed by atoms with E-state index in [2.05, 4.69) is 5.32 Å². The highest BCUT2D eigenvalue weighted by Gasteiger charge is 2.33. The lowest BCUT2D eigenvalue weighted by Gasteiger charge is -2.32. The quantitative estimate of drug-likeness (QED) is 0.866. The average Bonchev–Trinajstić information content (AvgIpc) is 3.07. The van der Waals surface area contributed by atoms with Gasteiger partial charge >= 0.3 is 0 Å². The SMILES string of the molecule is O=C(NCC1(O)CCSC1)C1CCN(C(=O)c2ccccc2)CC1. The van der Waals surface area contributed by atoms with Crippen molar-refractivity contribution in [2.75, 3.05) is 31.1 Å². The summed E-state index contributed by atoms with van der Waals surface area (Å²) in [4.78, 5) is 26.5. The first-order valence-corrected chi connectivity index (χ1v) is 9.65. The molecule has 0 aromatic heterocycles. The molecule has 2 fully saturated rings. The lowest BCUT2D eigenvalue weighted by molar-refractivity contribution is -0.127. The fourth-order valence-corrected chi connectivity index (χ4v) is 4.53. The van der Waals surface area contributed by atoms with Gasteiger partial charge in [0.15, 0.2) is 0 Å². The standard InChI is InChI=1S/C18H24N2O3S/c21-16(19-12-18(23)8-11-24-13-18)14-6-9-20(10-7-14)17(22)15-4-2-1-3-5-15/h1-5,14,23H,6-13H2,(H,19,21). The number of hydrogen-bond acceptors (Lipinski definition) is 4. The maximum Gasteiger partial charge on any atom is 0.253 e. The zero-order valence-electron chi connectivity index (χ0n) is 13.7. The summed E-state index contributed by atoms with van der Waals surface area (Å²) in [5.41, 5.74) is -0.0500. The third-order valence-electron chi connectivity index (χ3n) is 4.85. The van der Waals surface area contributed by atoms with Crippen molar-refractivity contribution in [3.8, 4) is 0 Å². The van der Waals surface area contributed by atoms with Crippen molar-refractivity contribution in [1.29, 1.82) is 0 Å². The number of benzene rings is 1. The number of nitrogens with zero attached hydrogens (tertiary/aromatic N) is 1. The van der Waals surface area contributed by atoms with E-state index in [0.29, 0.717) is 43.8 Å². The Bertz CT molecular complexity index is 579. The smallest absolute Gasteiger partial charge is 0.253 e. The fourth-order valence-electron chi connectivity index (χ4n) is 3.24. The van der Waals surface area contributed by atoms with E-state index in [0.717, 1.165) is 12.2 Å². The minimum absolute atomic E-state index is 0.00661. The fraction of sp³-hybridized carbons (Fsp3) is 0.556. The number of likely N-dealkylation sites (tertiary alicyclic amines) is 1. The molecule has 2 aliphatic heterocycles. The van der Waals surface area contributed by atoms with E-state index < -0.39 is 5.60 Å². The second-order valence-electron chi connectivity index (χ2n) is 6.68.